The van der Waals surface area contributed by atoms with Gasteiger partial charge < -0.3 is 20.1 Å². The monoisotopic (exact) mass is 588 g/mol. The van der Waals surface area contributed by atoms with Crippen LogP contribution in [0.3, 0.4) is 0 Å². The first-order valence-electron chi connectivity index (χ1n) is 11.5. The van der Waals surface area contributed by atoms with Crippen molar-refractivity contribution in [1.82, 2.24) is 0 Å². The Balaban J connectivity index is 1.35. The van der Waals surface area contributed by atoms with Crippen LogP contribution in [0.1, 0.15) is 20.7 Å². The first-order valence-corrected chi connectivity index (χ1v) is 13.7. The number of ether oxygens (including phenoxy) is 2. The molecule has 0 saturated carbocycles. The fraction of sp³-hybridized carbons (Fsp3) is 0.0714. The van der Waals surface area contributed by atoms with E-state index in [1.165, 1.54) is 70.1 Å². The number of alkyl halides is 4. The second-order valence-corrected chi connectivity index (χ2v) is 10.2. The molecule has 0 saturated heterocycles. The molecule has 0 atom stereocenters. The molecule has 0 aliphatic heterocycles. The predicted molar refractivity (Wildman–Crippen MR) is 147 cm³/mol. The molecular weight excluding hydrogens is 568 g/mol. The third-order valence-corrected chi connectivity index (χ3v) is 7.44. The molecule has 2 amide bonds. The molecule has 206 valence electrons. The highest BCUT2D eigenvalue weighted by molar-refractivity contribution is 8.76. The molecule has 4 rings (SSSR count). The third-order valence-electron chi connectivity index (χ3n) is 5.06. The Morgan fingerprint density at radius 1 is 0.575 bits per heavy atom. The van der Waals surface area contributed by atoms with Crippen molar-refractivity contribution in [3.63, 3.8) is 0 Å². The topological polar surface area (TPSA) is 76.7 Å². The molecule has 0 heterocycles. The van der Waals surface area contributed by atoms with E-state index in [2.05, 4.69) is 20.1 Å². The van der Waals surface area contributed by atoms with Gasteiger partial charge in [0.05, 0.1) is 0 Å². The second kappa shape index (κ2) is 13.8. The predicted octanol–water partition coefficient (Wildman–Crippen LogP) is 8.19. The lowest BCUT2D eigenvalue weighted by Gasteiger charge is -2.10. The number of rotatable bonds is 11. The summed E-state index contributed by atoms with van der Waals surface area (Å²) in [5.41, 5.74) is 1.35. The van der Waals surface area contributed by atoms with Crippen molar-refractivity contribution in [2.75, 3.05) is 10.6 Å². The first kappa shape index (κ1) is 28.8. The lowest BCUT2D eigenvalue weighted by atomic mass is 10.2. The van der Waals surface area contributed by atoms with Crippen molar-refractivity contribution in [1.29, 1.82) is 0 Å². The van der Waals surface area contributed by atoms with Crippen LogP contribution in [0.25, 0.3) is 0 Å². The van der Waals surface area contributed by atoms with Gasteiger partial charge in [-0.1, -0.05) is 45.9 Å². The minimum atomic E-state index is -2.99. The van der Waals surface area contributed by atoms with Crippen LogP contribution in [0.2, 0.25) is 0 Å². The summed E-state index contributed by atoms with van der Waals surface area (Å²) in [6.45, 7) is -5.98. The maximum absolute atomic E-state index is 12.6. The zero-order valence-electron chi connectivity index (χ0n) is 20.4. The van der Waals surface area contributed by atoms with E-state index in [1.54, 1.807) is 36.4 Å². The number of hydrogen-bond acceptors (Lipinski definition) is 6. The van der Waals surface area contributed by atoms with Gasteiger partial charge in [-0.25, -0.2) is 0 Å². The lowest BCUT2D eigenvalue weighted by molar-refractivity contribution is -0.0505. The quantitative estimate of drug-likeness (QED) is 0.136. The summed E-state index contributed by atoms with van der Waals surface area (Å²) in [7, 11) is 2.83. The van der Waals surface area contributed by atoms with Gasteiger partial charge in [-0.15, -0.1) is 0 Å². The van der Waals surface area contributed by atoms with E-state index in [0.717, 1.165) is 9.79 Å². The Bertz CT molecular complexity index is 1380. The van der Waals surface area contributed by atoms with Gasteiger partial charge >= 0.3 is 13.2 Å². The Labute approximate surface area is 234 Å². The highest BCUT2D eigenvalue weighted by Crippen LogP contribution is 2.39. The van der Waals surface area contributed by atoms with E-state index in [0.29, 0.717) is 11.4 Å². The van der Waals surface area contributed by atoms with Crippen LogP contribution in [0.5, 0.6) is 11.5 Å². The fourth-order valence-electron chi connectivity index (χ4n) is 3.38. The van der Waals surface area contributed by atoms with Crippen molar-refractivity contribution in [3.05, 3.63) is 108 Å². The van der Waals surface area contributed by atoms with Crippen molar-refractivity contribution in [2.24, 2.45) is 0 Å². The van der Waals surface area contributed by atoms with E-state index in [9.17, 15) is 27.2 Å². The molecule has 0 aromatic heterocycles. The molecule has 2 N–H and O–H groups in total. The van der Waals surface area contributed by atoms with E-state index in [-0.39, 0.29) is 22.6 Å². The standard InChI is InChI=1S/C28H20F4N2O4S2/c29-27(30)37-21-9-1-5-17(13-21)25(35)33-19-7-3-11-23(15-19)39-40-24-12-4-8-20(16-24)34-26(36)18-6-2-10-22(14-18)38-28(31)32/h1-16,27-28H,(H,33,35)(H,34,36). The number of nitrogens with one attached hydrogen (secondary N) is 2. The van der Waals surface area contributed by atoms with Crippen LogP contribution < -0.4 is 20.1 Å². The molecule has 0 spiro atoms. The number of anilines is 2. The minimum absolute atomic E-state index is 0.115. The molecule has 12 heteroatoms. The summed E-state index contributed by atoms with van der Waals surface area (Å²) in [6, 6.07) is 25.1. The molecule has 0 aliphatic rings. The molecule has 0 unspecified atom stereocenters. The van der Waals surface area contributed by atoms with Crippen LogP contribution in [-0.2, 0) is 0 Å². The van der Waals surface area contributed by atoms with Crippen molar-refractivity contribution < 1.29 is 36.6 Å². The Morgan fingerprint density at radius 2 is 0.975 bits per heavy atom. The number of carbonyl (C=O) groups excluding carboxylic acids is 2. The zero-order chi connectivity index (χ0) is 28.5. The number of halogens is 4. The number of hydrogen-bond donors (Lipinski definition) is 2. The fourth-order valence-corrected chi connectivity index (χ4v) is 5.39. The number of amides is 2. The molecule has 0 fully saturated rings. The normalized spacial score (nSPS) is 10.8. The van der Waals surface area contributed by atoms with Crippen molar-refractivity contribution in [2.45, 2.75) is 23.0 Å². The van der Waals surface area contributed by atoms with Crippen LogP contribution in [0.4, 0.5) is 28.9 Å². The summed E-state index contributed by atoms with van der Waals surface area (Å²) in [5, 5.41) is 5.47. The summed E-state index contributed by atoms with van der Waals surface area (Å²) >= 11 is 0. The smallest absolute Gasteiger partial charge is 0.387 e. The SMILES string of the molecule is O=C(Nc1cccc(SSc2cccc(NC(=O)c3cccc(OC(F)F)c3)c2)c1)c1cccc(OC(F)F)c1. The zero-order valence-corrected chi connectivity index (χ0v) is 22.0. The Hall–Kier alpha value is -4.16. The average Bonchev–Trinajstić information content (AvgIpc) is 2.92. The number of benzene rings is 4. The molecule has 4 aromatic rings. The summed E-state index contributed by atoms with van der Waals surface area (Å²) in [4.78, 5) is 26.8. The highest BCUT2D eigenvalue weighted by Gasteiger charge is 2.12. The van der Waals surface area contributed by atoms with Gasteiger partial charge in [-0.05, 0) is 72.8 Å². The molecule has 4 aromatic carbocycles. The molecular formula is C28H20F4N2O4S2. The van der Waals surface area contributed by atoms with E-state index in [4.69, 9.17) is 0 Å². The van der Waals surface area contributed by atoms with Crippen molar-refractivity contribution in [3.8, 4) is 11.5 Å². The molecule has 40 heavy (non-hydrogen) atoms. The van der Waals surface area contributed by atoms with Crippen LogP contribution in [-0.4, -0.2) is 25.0 Å². The van der Waals surface area contributed by atoms with Gasteiger partial charge in [0.2, 0.25) is 0 Å². The second-order valence-electron chi connectivity index (χ2n) is 7.94. The first-order chi connectivity index (χ1) is 19.2. The van der Waals surface area contributed by atoms with Gasteiger partial charge in [0, 0.05) is 32.3 Å². The lowest BCUT2D eigenvalue weighted by Crippen LogP contribution is -2.12. The van der Waals surface area contributed by atoms with E-state index >= 15 is 0 Å². The third kappa shape index (κ3) is 8.68. The van der Waals surface area contributed by atoms with Crippen LogP contribution in [0, 0.1) is 0 Å². The molecule has 6 nitrogen and oxygen atoms in total. The van der Waals surface area contributed by atoms with Gasteiger partial charge in [0.25, 0.3) is 11.8 Å². The largest absolute Gasteiger partial charge is 0.435 e. The van der Waals surface area contributed by atoms with Crippen LogP contribution >= 0.6 is 21.6 Å². The maximum atomic E-state index is 12.6. The number of carbonyl (C=O) groups is 2. The molecule has 0 aliphatic carbocycles. The van der Waals surface area contributed by atoms with E-state index in [1.807, 2.05) is 12.1 Å². The minimum Gasteiger partial charge on any atom is -0.435 e. The Morgan fingerprint density at radius 3 is 1.38 bits per heavy atom. The van der Waals surface area contributed by atoms with Crippen LogP contribution in [0.15, 0.2) is 107 Å². The molecule has 0 bridgehead atoms. The average molecular weight is 589 g/mol. The Kier molecular flexibility index (Phi) is 9.92. The van der Waals surface area contributed by atoms with E-state index < -0.39 is 25.0 Å². The van der Waals surface area contributed by atoms with Gasteiger partial charge in [0.1, 0.15) is 11.5 Å². The maximum Gasteiger partial charge on any atom is 0.387 e. The van der Waals surface area contributed by atoms with Gasteiger partial charge in [0.15, 0.2) is 0 Å². The van der Waals surface area contributed by atoms with Gasteiger partial charge in [-0.2, -0.15) is 17.6 Å². The molecule has 0 radical (unpaired) electrons. The summed E-state index contributed by atoms with van der Waals surface area (Å²) < 4.78 is 58.6. The van der Waals surface area contributed by atoms with Gasteiger partial charge in [-0.3, -0.25) is 9.59 Å². The summed E-state index contributed by atoms with van der Waals surface area (Å²) in [5.74, 6) is -1.19. The summed E-state index contributed by atoms with van der Waals surface area (Å²) in [6.07, 6.45) is 0. The highest BCUT2D eigenvalue weighted by atomic mass is 33.1. The van der Waals surface area contributed by atoms with Crippen molar-refractivity contribution >= 4 is 44.8 Å².